The van der Waals surface area contributed by atoms with Gasteiger partial charge in [0.1, 0.15) is 6.17 Å². The summed E-state index contributed by atoms with van der Waals surface area (Å²) in [5, 5.41) is 3.58. The monoisotopic (exact) mass is 446 g/mol. The second kappa shape index (κ2) is 9.22. The molecule has 0 aliphatic carbocycles. The highest BCUT2D eigenvalue weighted by Gasteiger charge is 2.30. The molecule has 1 fully saturated rings. The van der Waals surface area contributed by atoms with Gasteiger partial charge in [0, 0.05) is 50.6 Å². The number of nitrogens with zero attached hydrogens (tertiary/aromatic N) is 3. The molecule has 1 saturated heterocycles. The van der Waals surface area contributed by atoms with Gasteiger partial charge in [-0.05, 0) is 39.5 Å². The minimum Gasteiger partial charge on any atom is -0.385 e. The van der Waals surface area contributed by atoms with Crippen molar-refractivity contribution in [3.05, 3.63) is 52.1 Å². The third-order valence-electron chi connectivity index (χ3n) is 5.28. The van der Waals surface area contributed by atoms with Crippen LogP contribution >= 0.6 is 15.9 Å². The van der Waals surface area contributed by atoms with Gasteiger partial charge in [0.25, 0.3) is 0 Å². The molecule has 150 valence electrons. The number of benzene rings is 1. The van der Waals surface area contributed by atoms with E-state index >= 15 is 0 Å². The Balaban J connectivity index is 1.49. The maximum atomic E-state index is 5.44. The molecule has 3 heterocycles. The zero-order valence-corrected chi connectivity index (χ0v) is 17.8. The van der Waals surface area contributed by atoms with Gasteiger partial charge in [-0.3, -0.25) is 4.90 Å². The van der Waals surface area contributed by atoms with E-state index in [0.717, 1.165) is 68.4 Å². The van der Waals surface area contributed by atoms with Crippen LogP contribution in [0.4, 0.5) is 11.5 Å². The third kappa shape index (κ3) is 4.49. The van der Waals surface area contributed by atoms with Gasteiger partial charge in [-0.25, -0.2) is 4.98 Å². The van der Waals surface area contributed by atoms with Gasteiger partial charge in [0.2, 0.25) is 0 Å². The number of nitrogens with one attached hydrogen (secondary N) is 1. The van der Waals surface area contributed by atoms with E-state index in [0.29, 0.717) is 0 Å². The Bertz CT molecular complexity index is 780. The lowest BCUT2D eigenvalue weighted by molar-refractivity contribution is 0.0342. The molecule has 1 aromatic carbocycles. The summed E-state index contributed by atoms with van der Waals surface area (Å²) < 4.78 is 11.7. The van der Waals surface area contributed by atoms with Crippen LogP contribution in [0, 0.1) is 0 Å². The normalized spacial score (nSPS) is 19.5. The Labute approximate surface area is 175 Å². The second-order valence-corrected chi connectivity index (χ2v) is 8.15. The summed E-state index contributed by atoms with van der Waals surface area (Å²) in [6.07, 6.45) is 2.90. The lowest BCUT2D eigenvalue weighted by Crippen LogP contribution is -2.35. The Morgan fingerprint density at radius 3 is 2.79 bits per heavy atom. The maximum absolute atomic E-state index is 5.44. The number of hydrogen-bond acceptors (Lipinski definition) is 6. The fourth-order valence-corrected chi connectivity index (χ4v) is 4.14. The lowest BCUT2D eigenvalue weighted by atomic mass is 10.1. The van der Waals surface area contributed by atoms with E-state index in [4.69, 9.17) is 9.47 Å². The molecule has 28 heavy (non-hydrogen) atoms. The Morgan fingerprint density at radius 1 is 1.25 bits per heavy atom. The molecule has 6 nitrogen and oxygen atoms in total. The zero-order valence-electron chi connectivity index (χ0n) is 16.2. The number of fused-ring (bicyclic) bond motifs is 1. The van der Waals surface area contributed by atoms with Crippen molar-refractivity contribution >= 4 is 27.4 Å². The van der Waals surface area contributed by atoms with Crippen LogP contribution in [0.2, 0.25) is 0 Å². The number of methoxy groups -OCH3 is 1. The predicted molar refractivity (Wildman–Crippen MR) is 115 cm³/mol. The Hall–Kier alpha value is -1.67. The van der Waals surface area contributed by atoms with Gasteiger partial charge in [-0.1, -0.05) is 24.3 Å². The Kier molecular flexibility index (Phi) is 6.47. The first kappa shape index (κ1) is 19.6. The standard InChI is InChI=1S/C21H27BrN4O2/c1-27-10-2-7-26-19-13-18(22)14-23-20(19)24-21(26)17-5-3-16(4-6-17)15-25-8-11-28-12-9-25/h3-6,13-14,21H,2,7-12,15H2,1H3,(H,23,24). The summed E-state index contributed by atoms with van der Waals surface area (Å²) >= 11 is 3.55. The van der Waals surface area contributed by atoms with Crippen molar-refractivity contribution in [1.29, 1.82) is 0 Å². The van der Waals surface area contributed by atoms with Gasteiger partial charge < -0.3 is 19.7 Å². The first-order valence-electron chi connectivity index (χ1n) is 9.81. The summed E-state index contributed by atoms with van der Waals surface area (Å²) in [4.78, 5) is 9.38. The molecule has 2 aliphatic heterocycles. The van der Waals surface area contributed by atoms with E-state index in [1.807, 2.05) is 6.20 Å². The lowest BCUT2D eigenvalue weighted by Gasteiger charge is -2.28. The molecule has 1 unspecified atom stereocenters. The molecule has 0 amide bonds. The first-order chi connectivity index (χ1) is 13.7. The average molecular weight is 447 g/mol. The highest BCUT2D eigenvalue weighted by atomic mass is 79.9. The number of morpholine rings is 1. The summed E-state index contributed by atoms with van der Waals surface area (Å²) in [6, 6.07) is 11.1. The van der Waals surface area contributed by atoms with Gasteiger partial charge in [0.15, 0.2) is 5.82 Å². The smallest absolute Gasteiger partial charge is 0.151 e. The number of halogens is 1. The van der Waals surface area contributed by atoms with Crippen LogP contribution in [0.3, 0.4) is 0 Å². The van der Waals surface area contributed by atoms with E-state index in [1.54, 1.807) is 7.11 Å². The molecule has 0 bridgehead atoms. The maximum Gasteiger partial charge on any atom is 0.151 e. The van der Waals surface area contributed by atoms with Gasteiger partial charge >= 0.3 is 0 Å². The Morgan fingerprint density at radius 2 is 2.04 bits per heavy atom. The summed E-state index contributed by atoms with van der Waals surface area (Å²) in [5.74, 6) is 0.933. The van der Waals surface area contributed by atoms with Crippen LogP contribution in [0.5, 0.6) is 0 Å². The van der Waals surface area contributed by atoms with E-state index in [9.17, 15) is 0 Å². The molecule has 0 radical (unpaired) electrons. The van der Waals surface area contributed by atoms with Crippen LogP contribution in [-0.4, -0.2) is 56.4 Å². The van der Waals surface area contributed by atoms with Crippen molar-refractivity contribution in [2.24, 2.45) is 0 Å². The molecule has 2 aliphatic rings. The third-order valence-corrected chi connectivity index (χ3v) is 5.72. The topological polar surface area (TPSA) is 49.9 Å². The minimum atomic E-state index is 0.0890. The van der Waals surface area contributed by atoms with Crippen molar-refractivity contribution in [3.63, 3.8) is 0 Å². The summed E-state index contributed by atoms with van der Waals surface area (Å²) in [5.41, 5.74) is 3.72. The highest BCUT2D eigenvalue weighted by Crippen LogP contribution is 2.41. The fraction of sp³-hybridized carbons (Fsp3) is 0.476. The van der Waals surface area contributed by atoms with E-state index < -0.39 is 0 Å². The molecule has 2 aromatic rings. The summed E-state index contributed by atoms with van der Waals surface area (Å²) in [6.45, 7) is 6.32. The largest absolute Gasteiger partial charge is 0.385 e. The first-order valence-corrected chi connectivity index (χ1v) is 10.6. The van der Waals surface area contributed by atoms with Gasteiger partial charge in [0.05, 0.1) is 18.9 Å². The molecule has 1 N–H and O–H groups in total. The van der Waals surface area contributed by atoms with Crippen molar-refractivity contribution in [2.45, 2.75) is 19.1 Å². The van der Waals surface area contributed by atoms with Crippen LogP contribution in [0.25, 0.3) is 0 Å². The number of pyridine rings is 1. The van der Waals surface area contributed by atoms with Crippen molar-refractivity contribution < 1.29 is 9.47 Å². The molecule has 0 saturated carbocycles. The van der Waals surface area contributed by atoms with Crippen molar-refractivity contribution in [1.82, 2.24) is 9.88 Å². The summed E-state index contributed by atoms with van der Waals surface area (Å²) in [7, 11) is 1.75. The quantitative estimate of drug-likeness (QED) is 0.655. The predicted octanol–water partition coefficient (Wildman–Crippen LogP) is 3.64. The molecule has 1 atom stereocenters. The molecule has 0 spiro atoms. The van der Waals surface area contributed by atoms with Gasteiger partial charge in [-0.15, -0.1) is 0 Å². The molecule has 4 rings (SSSR count). The van der Waals surface area contributed by atoms with Crippen LogP contribution in [0.1, 0.15) is 23.7 Å². The van der Waals surface area contributed by atoms with Crippen molar-refractivity contribution in [3.8, 4) is 0 Å². The van der Waals surface area contributed by atoms with Crippen molar-refractivity contribution in [2.75, 3.05) is 56.8 Å². The minimum absolute atomic E-state index is 0.0890. The average Bonchev–Trinajstić information content (AvgIpc) is 3.07. The van der Waals surface area contributed by atoms with Crippen LogP contribution < -0.4 is 10.2 Å². The SMILES string of the molecule is COCCCN1c2cc(Br)cnc2NC1c1ccc(CN2CCOCC2)cc1. The van der Waals surface area contributed by atoms with E-state index in [-0.39, 0.29) is 6.17 Å². The fourth-order valence-electron chi connectivity index (χ4n) is 3.82. The number of ether oxygens (including phenoxy) is 2. The number of hydrogen-bond donors (Lipinski definition) is 1. The van der Waals surface area contributed by atoms with E-state index in [2.05, 4.69) is 66.4 Å². The molecular formula is C21H27BrN4O2. The van der Waals surface area contributed by atoms with Gasteiger partial charge in [-0.2, -0.15) is 0 Å². The zero-order chi connectivity index (χ0) is 19.3. The molecule has 1 aromatic heterocycles. The molecule has 7 heteroatoms. The number of aromatic nitrogens is 1. The van der Waals surface area contributed by atoms with Crippen LogP contribution in [0.15, 0.2) is 41.0 Å². The number of rotatable bonds is 7. The van der Waals surface area contributed by atoms with Crippen LogP contribution in [-0.2, 0) is 16.0 Å². The molecular weight excluding hydrogens is 420 g/mol. The second-order valence-electron chi connectivity index (χ2n) is 7.24. The van der Waals surface area contributed by atoms with E-state index in [1.165, 1.54) is 11.1 Å². The number of anilines is 2. The highest BCUT2D eigenvalue weighted by molar-refractivity contribution is 9.10.